The lowest BCUT2D eigenvalue weighted by molar-refractivity contribution is 0.281. The normalized spacial score (nSPS) is 12.3. The molecular weight excluding hydrogens is 365 g/mol. The number of aliphatic hydroxyl groups is 1. The van der Waals surface area contributed by atoms with Gasteiger partial charge in [0.25, 0.3) is 0 Å². The molecule has 0 bridgehead atoms. The summed E-state index contributed by atoms with van der Waals surface area (Å²) in [4.78, 5) is 0. The van der Waals surface area contributed by atoms with Crippen LogP contribution in [-0.4, -0.2) is 16.3 Å². The van der Waals surface area contributed by atoms with Crippen LogP contribution in [0.25, 0.3) is 5.69 Å². The first-order chi connectivity index (χ1) is 11.6. The van der Waals surface area contributed by atoms with E-state index in [0.29, 0.717) is 21.5 Å². The third kappa shape index (κ3) is 3.47. The van der Waals surface area contributed by atoms with E-state index in [4.69, 9.17) is 34.8 Å². The van der Waals surface area contributed by atoms with E-state index in [0.717, 1.165) is 16.8 Å². The minimum absolute atomic E-state index is 0.0329. The predicted molar refractivity (Wildman–Crippen MR) is 101 cm³/mol. The molecule has 0 saturated heterocycles. The van der Waals surface area contributed by atoms with Crippen LogP contribution < -0.4 is 0 Å². The zero-order valence-corrected chi connectivity index (χ0v) is 15.1. The second kappa shape index (κ2) is 7.62. The van der Waals surface area contributed by atoms with Crippen molar-refractivity contribution in [2.45, 2.75) is 12.3 Å². The van der Waals surface area contributed by atoms with Crippen LogP contribution in [0.5, 0.6) is 0 Å². The van der Waals surface area contributed by atoms with Gasteiger partial charge in [-0.15, -0.1) is 0 Å². The Labute approximate surface area is 156 Å². The number of rotatable bonds is 5. The number of halogens is 3. The highest BCUT2D eigenvalue weighted by Crippen LogP contribution is 2.39. The predicted octanol–water partition coefficient (Wildman–Crippen LogP) is 5.95. The van der Waals surface area contributed by atoms with Crippen LogP contribution in [0, 0.1) is 0 Å². The van der Waals surface area contributed by atoms with Crippen LogP contribution in [0.2, 0.25) is 15.1 Å². The van der Waals surface area contributed by atoms with Gasteiger partial charge >= 0.3 is 0 Å². The summed E-state index contributed by atoms with van der Waals surface area (Å²) in [6, 6.07) is 15.2. The van der Waals surface area contributed by atoms with Crippen LogP contribution in [0.1, 0.15) is 23.5 Å². The van der Waals surface area contributed by atoms with Gasteiger partial charge in [-0.05, 0) is 53.9 Å². The Bertz CT molecular complexity index is 831. The van der Waals surface area contributed by atoms with Crippen molar-refractivity contribution >= 4 is 34.8 Å². The maximum absolute atomic E-state index is 9.59. The molecule has 0 radical (unpaired) electrons. The molecule has 1 N–H and O–H groups in total. The van der Waals surface area contributed by atoms with Crippen molar-refractivity contribution in [2.75, 3.05) is 6.61 Å². The third-order valence-corrected chi connectivity index (χ3v) is 5.09. The van der Waals surface area contributed by atoms with E-state index in [2.05, 4.69) is 0 Å². The molecular formula is C19H16Cl3NO. The molecule has 0 fully saturated rings. The zero-order chi connectivity index (χ0) is 17.1. The van der Waals surface area contributed by atoms with Gasteiger partial charge in [-0.1, -0.05) is 46.9 Å². The SMILES string of the molecule is OCCC(c1cc(Cl)ccc1-n1cccc1)c1cccc(Cl)c1Cl. The fourth-order valence-corrected chi connectivity index (χ4v) is 3.55. The zero-order valence-electron chi connectivity index (χ0n) is 12.8. The second-order valence-electron chi connectivity index (χ2n) is 5.50. The van der Waals surface area contributed by atoms with E-state index < -0.39 is 0 Å². The summed E-state index contributed by atoms with van der Waals surface area (Å²) >= 11 is 18.9. The van der Waals surface area contributed by atoms with Gasteiger partial charge in [-0.3, -0.25) is 0 Å². The Morgan fingerprint density at radius 2 is 1.67 bits per heavy atom. The van der Waals surface area contributed by atoms with Crippen molar-refractivity contribution in [3.05, 3.63) is 87.1 Å². The molecule has 0 aliphatic carbocycles. The molecule has 1 unspecified atom stereocenters. The number of aliphatic hydroxyl groups excluding tert-OH is 1. The number of hydrogen-bond acceptors (Lipinski definition) is 1. The molecule has 0 aliphatic heterocycles. The first-order valence-corrected chi connectivity index (χ1v) is 8.72. The summed E-state index contributed by atoms with van der Waals surface area (Å²) in [5, 5.41) is 11.2. The molecule has 2 nitrogen and oxygen atoms in total. The van der Waals surface area contributed by atoms with E-state index in [-0.39, 0.29) is 12.5 Å². The molecule has 0 amide bonds. The van der Waals surface area contributed by atoms with Crippen molar-refractivity contribution in [3.8, 4) is 5.69 Å². The minimum atomic E-state index is -0.114. The number of nitrogens with zero attached hydrogens (tertiary/aromatic N) is 1. The average Bonchev–Trinajstić information content (AvgIpc) is 3.10. The summed E-state index contributed by atoms with van der Waals surface area (Å²) in [5.74, 6) is -0.114. The Balaban J connectivity index is 2.19. The summed E-state index contributed by atoms with van der Waals surface area (Å²) in [5.41, 5.74) is 2.88. The molecule has 124 valence electrons. The fraction of sp³-hybridized carbons (Fsp3) is 0.158. The first-order valence-electron chi connectivity index (χ1n) is 7.59. The summed E-state index contributed by atoms with van der Waals surface area (Å²) in [6.07, 6.45) is 4.47. The first kappa shape index (κ1) is 17.4. The van der Waals surface area contributed by atoms with E-state index in [1.165, 1.54) is 0 Å². The Morgan fingerprint density at radius 1 is 0.917 bits per heavy atom. The number of benzene rings is 2. The molecule has 0 aliphatic rings. The van der Waals surface area contributed by atoms with Gasteiger partial charge in [0, 0.05) is 35.6 Å². The average molecular weight is 381 g/mol. The van der Waals surface area contributed by atoms with Crippen molar-refractivity contribution in [1.82, 2.24) is 4.57 Å². The quantitative estimate of drug-likeness (QED) is 0.581. The molecule has 3 aromatic rings. The van der Waals surface area contributed by atoms with Crippen LogP contribution >= 0.6 is 34.8 Å². The molecule has 1 aromatic heterocycles. The van der Waals surface area contributed by atoms with Gasteiger partial charge in [-0.2, -0.15) is 0 Å². The van der Waals surface area contributed by atoms with Crippen LogP contribution in [0.3, 0.4) is 0 Å². The molecule has 0 spiro atoms. The lowest BCUT2D eigenvalue weighted by Gasteiger charge is -2.22. The van der Waals surface area contributed by atoms with Gasteiger partial charge in [0.2, 0.25) is 0 Å². The van der Waals surface area contributed by atoms with Crippen molar-refractivity contribution in [3.63, 3.8) is 0 Å². The largest absolute Gasteiger partial charge is 0.396 e. The summed E-state index contributed by atoms with van der Waals surface area (Å²) in [6.45, 7) is 0.0329. The molecule has 3 rings (SSSR count). The second-order valence-corrected chi connectivity index (χ2v) is 6.72. The van der Waals surface area contributed by atoms with Crippen LogP contribution in [0.4, 0.5) is 0 Å². The van der Waals surface area contributed by atoms with E-state index in [1.54, 1.807) is 6.07 Å². The topological polar surface area (TPSA) is 25.2 Å². The molecule has 1 atom stereocenters. The third-order valence-electron chi connectivity index (χ3n) is 4.02. The lowest BCUT2D eigenvalue weighted by atomic mass is 9.87. The lowest BCUT2D eigenvalue weighted by Crippen LogP contribution is -2.09. The van der Waals surface area contributed by atoms with Crippen molar-refractivity contribution < 1.29 is 5.11 Å². The minimum Gasteiger partial charge on any atom is -0.396 e. The van der Waals surface area contributed by atoms with Gasteiger partial charge in [0.1, 0.15) is 0 Å². The number of hydrogen-bond donors (Lipinski definition) is 1. The molecule has 1 heterocycles. The summed E-state index contributed by atoms with van der Waals surface area (Å²) < 4.78 is 2.02. The van der Waals surface area contributed by atoms with Crippen molar-refractivity contribution in [1.29, 1.82) is 0 Å². The molecule has 0 saturated carbocycles. The Hall–Kier alpha value is -1.45. The van der Waals surface area contributed by atoms with Gasteiger partial charge in [0.15, 0.2) is 0 Å². The van der Waals surface area contributed by atoms with Gasteiger partial charge < -0.3 is 9.67 Å². The van der Waals surface area contributed by atoms with Gasteiger partial charge in [0.05, 0.1) is 10.0 Å². The van der Waals surface area contributed by atoms with E-state index in [9.17, 15) is 5.11 Å². The van der Waals surface area contributed by atoms with Crippen molar-refractivity contribution in [2.24, 2.45) is 0 Å². The smallest absolute Gasteiger partial charge is 0.0630 e. The fourth-order valence-electron chi connectivity index (χ4n) is 2.93. The molecule has 2 aromatic carbocycles. The summed E-state index contributed by atoms with van der Waals surface area (Å²) in [7, 11) is 0. The standard InChI is InChI=1S/C19H16Cl3NO/c20-13-6-7-18(23-9-1-2-10-23)16(12-13)14(8-11-24)15-4-3-5-17(21)19(15)22/h1-7,9-10,12,14,24H,8,11H2. The molecule has 24 heavy (non-hydrogen) atoms. The van der Waals surface area contributed by atoms with E-state index in [1.807, 2.05) is 59.4 Å². The maximum atomic E-state index is 9.59. The Morgan fingerprint density at radius 3 is 2.38 bits per heavy atom. The highest BCUT2D eigenvalue weighted by Gasteiger charge is 2.22. The van der Waals surface area contributed by atoms with Gasteiger partial charge in [-0.25, -0.2) is 0 Å². The van der Waals surface area contributed by atoms with Crippen LogP contribution in [-0.2, 0) is 0 Å². The Kier molecular flexibility index (Phi) is 5.52. The number of aromatic nitrogens is 1. The van der Waals surface area contributed by atoms with E-state index >= 15 is 0 Å². The highest BCUT2D eigenvalue weighted by molar-refractivity contribution is 6.42. The monoisotopic (exact) mass is 379 g/mol. The highest BCUT2D eigenvalue weighted by atomic mass is 35.5. The van der Waals surface area contributed by atoms with Crippen LogP contribution in [0.15, 0.2) is 60.9 Å². The molecule has 5 heteroatoms. The maximum Gasteiger partial charge on any atom is 0.0630 e.